The highest BCUT2D eigenvalue weighted by molar-refractivity contribution is 7.17. The Bertz CT molecular complexity index is 407. The lowest BCUT2D eigenvalue weighted by molar-refractivity contribution is 0.0343. The van der Waals surface area contributed by atoms with E-state index in [1.54, 1.807) is 6.20 Å². The zero-order valence-corrected chi connectivity index (χ0v) is 11.0. The SMILES string of the molecule is COC(=O)c1cnc(N2CC(C)OCC2C)s1. The molecule has 2 heterocycles. The Hall–Kier alpha value is -1.14. The number of anilines is 1. The van der Waals surface area contributed by atoms with E-state index in [0.29, 0.717) is 11.5 Å². The number of carbonyl (C=O) groups is 1. The van der Waals surface area contributed by atoms with Crippen LogP contribution in [-0.2, 0) is 9.47 Å². The maximum Gasteiger partial charge on any atom is 0.349 e. The summed E-state index contributed by atoms with van der Waals surface area (Å²) in [6.45, 7) is 5.61. The van der Waals surface area contributed by atoms with Gasteiger partial charge in [0.2, 0.25) is 0 Å². The maximum atomic E-state index is 11.4. The fourth-order valence-corrected chi connectivity index (χ4v) is 2.71. The van der Waals surface area contributed by atoms with Gasteiger partial charge in [-0.2, -0.15) is 0 Å². The van der Waals surface area contributed by atoms with Crippen LogP contribution in [-0.4, -0.2) is 43.4 Å². The fraction of sp³-hybridized carbons (Fsp3) is 0.636. The molecule has 1 aromatic rings. The van der Waals surface area contributed by atoms with Gasteiger partial charge in [-0.15, -0.1) is 0 Å². The highest BCUT2D eigenvalue weighted by Crippen LogP contribution is 2.27. The minimum atomic E-state index is -0.331. The number of nitrogens with zero attached hydrogens (tertiary/aromatic N) is 2. The van der Waals surface area contributed by atoms with Gasteiger partial charge in [-0.05, 0) is 13.8 Å². The molecule has 0 saturated carbocycles. The number of esters is 1. The van der Waals surface area contributed by atoms with E-state index >= 15 is 0 Å². The molecule has 0 aromatic carbocycles. The number of ether oxygens (including phenoxy) is 2. The van der Waals surface area contributed by atoms with Crippen LogP contribution in [0.5, 0.6) is 0 Å². The monoisotopic (exact) mass is 256 g/mol. The van der Waals surface area contributed by atoms with Gasteiger partial charge in [-0.3, -0.25) is 0 Å². The molecule has 1 fully saturated rings. The number of morpholine rings is 1. The number of carbonyl (C=O) groups excluding carboxylic acids is 1. The Kier molecular flexibility index (Phi) is 3.63. The molecule has 0 spiro atoms. The van der Waals surface area contributed by atoms with Gasteiger partial charge in [-0.25, -0.2) is 9.78 Å². The normalized spacial score (nSPS) is 24.8. The van der Waals surface area contributed by atoms with Gasteiger partial charge in [0.1, 0.15) is 4.88 Å². The fourth-order valence-electron chi connectivity index (χ4n) is 1.76. The van der Waals surface area contributed by atoms with Crippen LogP contribution < -0.4 is 4.90 Å². The third-order valence-corrected chi connectivity index (χ3v) is 3.75. The predicted octanol–water partition coefficient (Wildman–Crippen LogP) is 1.54. The number of hydrogen-bond donors (Lipinski definition) is 0. The van der Waals surface area contributed by atoms with Crippen LogP contribution in [0.4, 0.5) is 5.13 Å². The van der Waals surface area contributed by atoms with Crippen molar-refractivity contribution in [3.05, 3.63) is 11.1 Å². The maximum absolute atomic E-state index is 11.4. The van der Waals surface area contributed by atoms with Crippen molar-refractivity contribution in [3.63, 3.8) is 0 Å². The summed E-state index contributed by atoms with van der Waals surface area (Å²) in [5.41, 5.74) is 0. The van der Waals surface area contributed by atoms with Gasteiger partial charge in [0.15, 0.2) is 5.13 Å². The van der Waals surface area contributed by atoms with Gasteiger partial charge in [0, 0.05) is 6.54 Å². The second-order valence-electron chi connectivity index (χ2n) is 4.14. The number of methoxy groups -OCH3 is 1. The first-order valence-corrected chi connectivity index (χ1v) is 6.36. The molecule has 94 valence electrons. The summed E-state index contributed by atoms with van der Waals surface area (Å²) in [5.74, 6) is -0.331. The quantitative estimate of drug-likeness (QED) is 0.751. The Morgan fingerprint density at radius 2 is 2.41 bits per heavy atom. The third-order valence-electron chi connectivity index (χ3n) is 2.73. The minimum Gasteiger partial charge on any atom is -0.465 e. The average molecular weight is 256 g/mol. The van der Waals surface area contributed by atoms with Crippen LogP contribution in [0.15, 0.2) is 6.20 Å². The summed E-state index contributed by atoms with van der Waals surface area (Å²) in [6, 6.07) is 0.280. The lowest BCUT2D eigenvalue weighted by atomic mass is 10.2. The number of rotatable bonds is 2. The standard InChI is InChI=1S/C11H16N2O3S/c1-7-6-16-8(2)5-13(7)11-12-4-9(17-11)10(14)15-3/h4,7-8H,5-6H2,1-3H3. The molecule has 1 aliphatic heterocycles. The number of aromatic nitrogens is 1. The van der Waals surface area contributed by atoms with Crippen LogP contribution in [0.25, 0.3) is 0 Å². The Morgan fingerprint density at radius 1 is 1.65 bits per heavy atom. The molecule has 17 heavy (non-hydrogen) atoms. The van der Waals surface area contributed by atoms with E-state index in [0.717, 1.165) is 11.7 Å². The van der Waals surface area contributed by atoms with Crippen molar-refractivity contribution in [2.45, 2.75) is 26.0 Å². The molecule has 0 N–H and O–H groups in total. The average Bonchev–Trinajstić information content (AvgIpc) is 2.80. The molecule has 0 aliphatic carbocycles. The molecule has 2 unspecified atom stereocenters. The van der Waals surface area contributed by atoms with Crippen LogP contribution in [0.1, 0.15) is 23.5 Å². The van der Waals surface area contributed by atoms with Crippen LogP contribution >= 0.6 is 11.3 Å². The van der Waals surface area contributed by atoms with E-state index < -0.39 is 0 Å². The van der Waals surface area contributed by atoms with Gasteiger partial charge in [0.25, 0.3) is 0 Å². The van der Waals surface area contributed by atoms with E-state index in [1.807, 2.05) is 6.92 Å². The lowest BCUT2D eigenvalue weighted by Crippen LogP contribution is -2.47. The molecule has 2 rings (SSSR count). The summed E-state index contributed by atoms with van der Waals surface area (Å²) in [7, 11) is 1.38. The Morgan fingerprint density at radius 3 is 3.12 bits per heavy atom. The first kappa shape index (κ1) is 12.3. The second kappa shape index (κ2) is 5.01. The van der Waals surface area contributed by atoms with Gasteiger partial charge < -0.3 is 14.4 Å². The molecule has 6 heteroatoms. The van der Waals surface area contributed by atoms with E-state index in [4.69, 9.17) is 4.74 Å². The lowest BCUT2D eigenvalue weighted by Gasteiger charge is -2.36. The molecule has 2 atom stereocenters. The van der Waals surface area contributed by atoms with E-state index in [1.165, 1.54) is 18.4 Å². The molecule has 5 nitrogen and oxygen atoms in total. The van der Waals surface area contributed by atoms with Crippen molar-refractivity contribution in [2.75, 3.05) is 25.2 Å². The molecule has 0 bridgehead atoms. The van der Waals surface area contributed by atoms with E-state index in [-0.39, 0.29) is 18.1 Å². The highest BCUT2D eigenvalue weighted by atomic mass is 32.1. The first-order valence-electron chi connectivity index (χ1n) is 5.54. The number of thiazole rings is 1. The highest BCUT2D eigenvalue weighted by Gasteiger charge is 2.26. The molecule has 1 aliphatic rings. The van der Waals surface area contributed by atoms with Crippen LogP contribution in [0.3, 0.4) is 0 Å². The molecular weight excluding hydrogens is 240 g/mol. The summed E-state index contributed by atoms with van der Waals surface area (Å²) in [6.07, 6.45) is 1.76. The van der Waals surface area contributed by atoms with E-state index in [9.17, 15) is 4.79 Å². The van der Waals surface area contributed by atoms with Crippen LogP contribution in [0.2, 0.25) is 0 Å². The van der Waals surface area contributed by atoms with Gasteiger partial charge in [0.05, 0.1) is 32.1 Å². The van der Waals surface area contributed by atoms with Crippen molar-refractivity contribution >= 4 is 22.4 Å². The largest absolute Gasteiger partial charge is 0.465 e. The predicted molar refractivity (Wildman–Crippen MR) is 65.7 cm³/mol. The van der Waals surface area contributed by atoms with Gasteiger partial charge >= 0.3 is 5.97 Å². The molecule has 0 radical (unpaired) electrons. The first-order chi connectivity index (χ1) is 8.11. The summed E-state index contributed by atoms with van der Waals surface area (Å²) < 4.78 is 10.2. The molecular formula is C11H16N2O3S. The van der Waals surface area contributed by atoms with Crippen molar-refractivity contribution in [2.24, 2.45) is 0 Å². The Labute approximate surface area is 104 Å². The zero-order valence-electron chi connectivity index (χ0n) is 10.2. The number of hydrogen-bond acceptors (Lipinski definition) is 6. The molecule has 1 aromatic heterocycles. The van der Waals surface area contributed by atoms with Crippen molar-refractivity contribution in [1.29, 1.82) is 0 Å². The van der Waals surface area contributed by atoms with Crippen LogP contribution in [0, 0.1) is 0 Å². The summed E-state index contributed by atoms with van der Waals surface area (Å²) in [4.78, 5) is 18.4. The van der Waals surface area contributed by atoms with E-state index in [2.05, 4.69) is 21.5 Å². The molecule has 0 amide bonds. The van der Waals surface area contributed by atoms with Crippen molar-refractivity contribution in [3.8, 4) is 0 Å². The smallest absolute Gasteiger partial charge is 0.349 e. The minimum absolute atomic E-state index is 0.191. The zero-order chi connectivity index (χ0) is 12.4. The molecule has 1 saturated heterocycles. The van der Waals surface area contributed by atoms with Gasteiger partial charge in [-0.1, -0.05) is 11.3 Å². The topological polar surface area (TPSA) is 51.7 Å². The van der Waals surface area contributed by atoms with Crippen molar-refractivity contribution < 1.29 is 14.3 Å². The van der Waals surface area contributed by atoms with Crippen molar-refractivity contribution in [1.82, 2.24) is 4.98 Å². The third kappa shape index (κ3) is 2.58. The Balaban J connectivity index is 2.15. The second-order valence-corrected chi connectivity index (χ2v) is 5.15. The summed E-state index contributed by atoms with van der Waals surface area (Å²) in [5, 5.41) is 0.855. The summed E-state index contributed by atoms with van der Waals surface area (Å²) >= 11 is 1.36.